The zero-order chi connectivity index (χ0) is 13.0. The number of hydrogen-bond acceptors (Lipinski definition) is 3. The molecule has 106 valence electrons. The van der Waals surface area contributed by atoms with Crippen LogP contribution in [0.3, 0.4) is 0 Å². The molecule has 0 spiro atoms. The Morgan fingerprint density at radius 1 is 1.22 bits per heavy atom. The number of nitrogens with one attached hydrogen (secondary N) is 1. The molecule has 0 aromatic rings. The van der Waals surface area contributed by atoms with Gasteiger partial charge in [-0.15, -0.1) is 0 Å². The summed E-state index contributed by atoms with van der Waals surface area (Å²) in [5, 5.41) is 3.57. The highest BCUT2D eigenvalue weighted by Gasteiger charge is 2.27. The minimum atomic E-state index is 0.487. The maximum atomic E-state index is 5.92. The molecule has 2 aliphatic rings. The van der Waals surface area contributed by atoms with Gasteiger partial charge < -0.3 is 15.0 Å². The van der Waals surface area contributed by atoms with E-state index in [0.29, 0.717) is 18.2 Å². The fourth-order valence-electron chi connectivity index (χ4n) is 3.43. The quantitative estimate of drug-likeness (QED) is 0.814. The van der Waals surface area contributed by atoms with Crippen molar-refractivity contribution in [2.75, 3.05) is 26.2 Å². The molecule has 1 N–H and O–H groups in total. The zero-order valence-corrected chi connectivity index (χ0v) is 12.3. The summed E-state index contributed by atoms with van der Waals surface area (Å²) < 4.78 is 5.92. The second-order valence-electron chi connectivity index (χ2n) is 6.13. The van der Waals surface area contributed by atoms with E-state index in [1.165, 1.54) is 38.8 Å². The molecule has 2 saturated heterocycles. The molecular weight excluding hydrogens is 224 g/mol. The summed E-state index contributed by atoms with van der Waals surface area (Å²) in [5.74, 6) is 0.865. The molecule has 0 amide bonds. The Morgan fingerprint density at radius 2 is 1.94 bits per heavy atom. The largest absolute Gasteiger partial charge is 0.374 e. The molecule has 2 aliphatic heterocycles. The molecule has 3 nitrogen and oxygen atoms in total. The number of hydrogen-bond donors (Lipinski definition) is 1. The van der Waals surface area contributed by atoms with Crippen LogP contribution in [0.15, 0.2) is 0 Å². The molecule has 0 aromatic heterocycles. The topological polar surface area (TPSA) is 24.5 Å². The summed E-state index contributed by atoms with van der Waals surface area (Å²) in [6.45, 7) is 11.5. The molecule has 18 heavy (non-hydrogen) atoms. The highest BCUT2D eigenvalue weighted by atomic mass is 16.5. The second-order valence-corrected chi connectivity index (χ2v) is 6.13. The molecule has 0 saturated carbocycles. The number of nitrogens with zero attached hydrogens (tertiary/aromatic N) is 1. The first kappa shape index (κ1) is 14.3. The summed E-state index contributed by atoms with van der Waals surface area (Å²) in [6, 6.07) is 0.680. The van der Waals surface area contributed by atoms with Crippen LogP contribution < -0.4 is 5.32 Å². The maximum absolute atomic E-state index is 5.92. The van der Waals surface area contributed by atoms with Crippen molar-refractivity contribution in [3.8, 4) is 0 Å². The molecule has 3 heteroatoms. The fourth-order valence-corrected chi connectivity index (χ4v) is 3.43. The summed E-state index contributed by atoms with van der Waals surface area (Å²) in [6.07, 6.45) is 6.18. The predicted octanol–water partition coefficient (Wildman–Crippen LogP) is 2.26. The minimum absolute atomic E-state index is 0.487. The first-order chi connectivity index (χ1) is 8.69. The first-order valence-corrected chi connectivity index (χ1v) is 7.80. The van der Waals surface area contributed by atoms with Gasteiger partial charge >= 0.3 is 0 Å². The molecule has 0 radical (unpaired) electrons. The smallest absolute Gasteiger partial charge is 0.0706 e. The van der Waals surface area contributed by atoms with Crippen LogP contribution in [-0.4, -0.2) is 49.3 Å². The number of rotatable bonds is 5. The van der Waals surface area contributed by atoms with E-state index in [1.54, 1.807) is 0 Å². The predicted molar refractivity (Wildman–Crippen MR) is 75.9 cm³/mol. The lowest BCUT2D eigenvalue weighted by Crippen LogP contribution is -2.44. The van der Waals surface area contributed by atoms with E-state index in [1.807, 2.05) is 0 Å². The molecule has 3 atom stereocenters. The summed E-state index contributed by atoms with van der Waals surface area (Å²) in [7, 11) is 0. The number of likely N-dealkylation sites (tertiary alicyclic amines) is 1. The van der Waals surface area contributed by atoms with E-state index in [2.05, 4.69) is 31.0 Å². The Hall–Kier alpha value is -0.120. The van der Waals surface area contributed by atoms with Gasteiger partial charge in [0.1, 0.15) is 0 Å². The van der Waals surface area contributed by atoms with Crippen LogP contribution in [0.1, 0.15) is 46.5 Å². The van der Waals surface area contributed by atoms with Gasteiger partial charge in [-0.3, -0.25) is 0 Å². The van der Waals surface area contributed by atoms with Gasteiger partial charge in [-0.2, -0.15) is 0 Å². The van der Waals surface area contributed by atoms with Crippen LogP contribution in [0.25, 0.3) is 0 Å². The average molecular weight is 254 g/mol. The molecule has 0 aliphatic carbocycles. The van der Waals surface area contributed by atoms with Crippen molar-refractivity contribution in [3.63, 3.8) is 0 Å². The van der Waals surface area contributed by atoms with Crippen LogP contribution in [-0.2, 0) is 4.74 Å². The van der Waals surface area contributed by atoms with Crippen LogP contribution in [0.4, 0.5) is 0 Å². The van der Waals surface area contributed by atoms with Gasteiger partial charge in [-0.1, -0.05) is 6.92 Å². The van der Waals surface area contributed by atoms with Crippen molar-refractivity contribution in [2.45, 2.75) is 64.7 Å². The van der Waals surface area contributed by atoms with Crippen molar-refractivity contribution in [1.82, 2.24) is 10.2 Å². The Kier molecular flexibility index (Phi) is 5.46. The van der Waals surface area contributed by atoms with Gasteiger partial charge in [0.2, 0.25) is 0 Å². The molecular formula is C15H30N2O. The molecule has 2 rings (SSSR count). The molecule has 3 unspecified atom stereocenters. The lowest BCUT2D eigenvalue weighted by molar-refractivity contribution is 0.0225. The van der Waals surface area contributed by atoms with E-state index in [9.17, 15) is 0 Å². The molecule has 0 aromatic carbocycles. The van der Waals surface area contributed by atoms with Gasteiger partial charge in [0.25, 0.3) is 0 Å². The lowest BCUT2D eigenvalue weighted by Gasteiger charge is -2.36. The van der Waals surface area contributed by atoms with Crippen molar-refractivity contribution < 1.29 is 4.74 Å². The van der Waals surface area contributed by atoms with E-state index in [4.69, 9.17) is 4.74 Å². The van der Waals surface area contributed by atoms with Gasteiger partial charge in [0, 0.05) is 12.6 Å². The molecule has 0 bridgehead atoms. The Bertz CT molecular complexity index is 239. The van der Waals surface area contributed by atoms with Gasteiger partial charge in [-0.05, 0) is 65.1 Å². The third kappa shape index (κ3) is 3.94. The van der Waals surface area contributed by atoms with Gasteiger partial charge in [0.15, 0.2) is 0 Å². The van der Waals surface area contributed by atoms with E-state index in [0.717, 1.165) is 19.0 Å². The van der Waals surface area contributed by atoms with E-state index in [-0.39, 0.29) is 0 Å². The Labute approximate surface area is 112 Å². The summed E-state index contributed by atoms with van der Waals surface area (Å²) in [5.41, 5.74) is 0. The Morgan fingerprint density at radius 3 is 2.50 bits per heavy atom. The highest BCUT2D eigenvalue weighted by Crippen LogP contribution is 2.24. The van der Waals surface area contributed by atoms with Crippen molar-refractivity contribution >= 4 is 0 Å². The minimum Gasteiger partial charge on any atom is -0.374 e. The summed E-state index contributed by atoms with van der Waals surface area (Å²) >= 11 is 0. The molecule has 2 heterocycles. The third-order valence-electron chi connectivity index (χ3n) is 4.65. The Balaban J connectivity index is 1.67. The zero-order valence-electron chi connectivity index (χ0n) is 12.3. The SMILES string of the molecule is CCNC(C)C1CCN(CC2CCC(C)O2)CC1. The van der Waals surface area contributed by atoms with Gasteiger partial charge in [-0.25, -0.2) is 0 Å². The lowest BCUT2D eigenvalue weighted by atomic mass is 9.90. The molecule has 2 fully saturated rings. The standard InChI is InChI=1S/C15H30N2O/c1-4-16-13(3)14-7-9-17(10-8-14)11-15-6-5-12(2)18-15/h12-16H,4-11H2,1-3H3. The van der Waals surface area contributed by atoms with Crippen molar-refractivity contribution in [3.05, 3.63) is 0 Å². The van der Waals surface area contributed by atoms with E-state index >= 15 is 0 Å². The van der Waals surface area contributed by atoms with Crippen molar-refractivity contribution in [2.24, 2.45) is 5.92 Å². The normalized spacial score (nSPS) is 32.8. The average Bonchev–Trinajstić information content (AvgIpc) is 2.76. The number of piperidine rings is 1. The van der Waals surface area contributed by atoms with Crippen LogP contribution in [0, 0.1) is 5.92 Å². The second kappa shape index (κ2) is 6.88. The van der Waals surface area contributed by atoms with E-state index < -0.39 is 0 Å². The van der Waals surface area contributed by atoms with Crippen LogP contribution in [0.5, 0.6) is 0 Å². The summed E-state index contributed by atoms with van der Waals surface area (Å²) in [4.78, 5) is 2.61. The monoisotopic (exact) mass is 254 g/mol. The van der Waals surface area contributed by atoms with Crippen molar-refractivity contribution in [1.29, 1.82) is 0 Å². The third-order valence-corrected chi connectivity index (χ3v) is 4.65. The van der Waals surface area contributed by atoms with Crippen LogP contribution >= 0.6 is 0 Å². The van der Waals surface area contributed by atoms with Crippen LogP contribution in [0.2, 0.25) is 0 Å². The first-order valence-electron chi connectivity index (χ1n) is 7.80. The van der Waals surface area contributed by atoms with Gasteiger partial charge in [0.05, 0.1) is 12.2 Å². The maximum Gasteiger partial charge on any atom is 0.0706 e. The highest BCUT2D eigenvalue weighted by molar-refractivity contribution is 4.82. The fraction of sp³-hybridized carbons (Fsp3) is 1.00. The number of ether oxygens (including phenoxy) is 1.